The van der Waals surface area contributed by atoms with Gasteiger partial charge in [0.1, 0.15) is 0 Å². The van der Waals surface area contributed by atoms with Crippen LogP contribution < -0.4 is 5.32 Å². The molecule has 1 saturated heterocycles. The first kappa shape index (κ1) is 16.3. The van der Waals surface area contributed by atoms with E-state index in [1.54, 1.807) is 25.3 Å². The van der Waals surface area contributed by atoms with Crippen molar-refractivity contribution in [3.63, 3.8) is 0 Å². The molecule has 1 fully saturated rings. The summed E-state index contributed by atoms with van der Waals surface area (Å²) >= 11 is 0. The first-order valence-corrected chi connectivity index (χ1v) is 8.15. The molecule has 1 aromatic carbocycles. The Kier molecular flexibility index (Phi) is 5.01. The van der Waals surface area contributed by atoms with Gasteiger partial charge < -0.3 is 10.2 Å². The number of pyridine rings is 1. The molecule has 0 saturated carbocycles. The van der Waals surface area contributed by atoms with E-state index in [1.807, 2.05) is 35.4 Å². The summed E-state index contributed by atoms with van der Waals surface area (Å²) in [5.74, 6) is 0.132. The molecule has 3 rings (SSSR count). The van der Waals surface area contributed by atoms with Gasteiger partial charge in [-0.05, 0) is 24.1 Å². The first-order chi connectivity index (χ1) is 11.6. The maximum absolute atomic E-state index is 12.8. The summed E-state index contributed by atoms with van der Waals surface area (Å²) in [5, 5.41) is 3.34. The number of piperazine rings is 1. The Hall–Kier alpha value is -2.53. The van der Waals surface area contributed by atoms with Crippen LogP contribution in [0.2, 0.25) is 0 Å². The number of rotatable bonds is 4. The summed E-state index contributed by atoms with van der Waals surface area (Å²) in [5.41, 5.74) is 2.64. The second-order valence-electron chi connectivity index (χ2n) is 6.02. The molecule has 2 heterocycles. The van der Waals surface area contributed by atoms with Gasteiger partial charge in [0, 0.05) is 37.6 Å². The third-order valence-corrected chi connectivity index (χ3v) is 4.35. The highest BCUT2D eigenvalue weighted by Gasteiger charge is 2.27. The third-order valence-electron chi connectivity index (χ3n) is 4.35. The molecule has 2 aromatic rings. The van der Waals surface area contributed by atoms with Gasteiger partial charge in [0.2, 0.25) is 5.91 Å². The molecule has 0 aliphatic carbocycles. The van der Waals surface area contributed by atoms with E-state index >= 15 is 0 Å². The average molecular weight is 323 g/mol. The van der Waals surface area contributed by atoms with E-state index in [-0.39, 0.29) is 17.7 Å². The van der Waals surface area contributed by atoms with Crippen molar-refractivity contribution in [1.29, 1.82) is 0 Å². The van der Waals surface area contributed by atoms with Crippen LogP contribution in [0.15, 0.2) is 48.8 Å². The van der Waals surface area contributed by atoms with E-state index in [0.29, 0.717) is 18.5 Å². The van der Waals surface area contributed by atoms with E-state index < -0.39 is 0 Å². The van der Waals surface area contributed by atoms with Crippen LogP contribution in [-0.2, 0) is 11.2 Å². The number of hydrogen-bond acceptors (Lipinski definition) is 4. The summed E-state index contributed by atoms with van der Waals surface area (Å²) in [6, 6.07) is 11.2. The fourth-order valence-electron chi connectivity index (χ4n) is 3.01. The minimum absolute atomic E-state index is 0.0106. The summed E-state index contributed by atoms with van der Waals surface area (Å²) in [4.78, 5) is 30.2. The fourth-order valence-corrected chi connectivity index (χ4v) is 3.01. The Labute approximate surface area is 141 Å². The Morgan fingerprint density at radius 1 is 1.25 bits per heavy atom. The molecule has 1 aliphatic rings. The molecule has 1 atom stereocenters. The molecule has 1 aromatic heterocycles. The van der Waals surface area contributed by atoms with Gasteiger partial charge in [-0.25, -0.2) is 0 Å². The number of amides is 1. The van der Waals surface area contributed by atoms with Gasteiger partial charge in [0.15, 0.2) is 5.78 Å². The van der Waals surface area contributed by atoms with Crippen molar-refractivity contribution in [3.8, 4) is 0 Å². The first-order valence-electron chi connectivity index (χ1n) is 8.15. The second kappa shape index (κ2) is 7.36. The van der Waals surface area contributed by atoms with Crippen molar-refractivity contribution in [1.82, 2.24) is 15.2 Å². The molecule has 124 valence electrons. The Bertz CT molecular complexity index is 713. The zero-order valence-electron chi connectivity index (χ0n) is 13.7. The minimum Gasteiger partial charge on any atom is -0.333 e. The van der Waals surface area contributed by atoms with E-state index in [9.17, 15) is 9.59 Å². The quantitative estimate of drug-likeness (QED) is 0.874. The van der Waals surface area contributed by atoms with Crippen LogP contribution in [0.5, 0.6) is 0 Å². The van der Waals surface area contributed by atoms with Crippen molar-refractivity contribution in [2.45, 2.75) is 19.4 Å². The minimum atomic E-state index is 0.0106. The molecule has 0 radical (unpaired) electrons. The SMILES string of the molecule is CC(=O)c1ccc(CC(=O)N2CCNCC2c2cccnc2)cc1. The summed E-state index contributed by atoms with van der Waals surface area (Å²) in [6.45, 7) is 3.76. The van der Waals surface area contributed by atoms with Gasteiger partial charge in [0.25, 0.3) is 0 Å². The molecular formula is C19H21N3O2. The molecule has 5 heteroatoms. The Morgan fingerprint density at radius 2 is 2.04 bits per heavy atom. The molecule has 1 aliphatic heterocycles. The lowest BCUT2D eigenvalue weighted by atomic mass is 10.0. The Morgan fingerprint density at radius 3 is 2.71 bits per heavy atom. The van der Waals surface area contributed by atoms with Crippen molar-refractivity contribution in [3.05, 3.63) is 65.5 Å². The van der Waals surface area contributed by atoms with Crippen molar-refractivity contribution < 1.29 is 9.59 Å². The number of ketones is 1. The number of hydrogen-bond donors (Lipinski definition) is 1. The Balaban J connectivity index is 1.73. The van der Waals surface area contributed by atoms with Crippen molar-refractivity contribution in [2.75, 3.05) is 19.6 Å². The second-order valence-corrected chi connectivity index (χ2v) is 6.02. The highest BCUT2D eigenvalue weighted by Crippen LogP contribution is 2.22. The number of benzene rings is 1. The van der Waals surface area contributed by atoms with Crippen LogP contribution in [0.25, 0.3) is 0 Å². The highest BCUT2D eigenvalue weighted by molar-refractivity contribution is 5.94. The van der Waals surface area contributed by atoms with Gasteiger partial charge >= 0.3 is 0 Å². The number of nitrogens with zero attached hydrogens (tertiary/aromatic N) is 2. The van der Waals surface area contributed by atoms with Crippen LogP contribution in [0.4, 0.5) is 0 Å². The van der Waals surface area contributed by atoms with Gasteiger partial charge in [-0.15, -0.1) is 0 Å². The highest BCUT2D eigenvalue weighted by atomic mass is 16.2. The number of Topliss-reactive ketones (excluding diaryl/α,β-unsaturated/α-hetero) is 1. The molecule has 1 unspecified atom stereocenters. The standard InChI is InChI=1S/C19H21N3O2/c1-14(23)16-6-4-15(5-7-16)11-19(24)22-10-9-21-13-18(22)17-3-2-8-20-12-17/h2-8,12,18,21H,9-11,13H2,1H3. The number of nitrogens with one attached hydrogen (secondary N) is 1. The largest absolute Gasteiger partial charge is 0.333 e. The van der Waals surface area contributed by atoms with Crippen LogP contribution in [0, 0.1) is 0 Å². The van der Waals surface area contributed by atoms with Crippen LogP contribution >= 0.6 is 0 Å². The van der Waals surface area contributed by atoms with Crippen molar-refractivity contribution >= 4 is 11.7 Å². The maximum atomic E-state index is 12.8. The average Bonchev–Trinajstić information content (AvgIpc) is 2.63. The lowest BCUT2D eigenvalue weighted by Crippen LogP contribution is -2.49. The van der Waals surface area contributed by atoms with E-state index in [4.69, 9.17) is 0 Å². The zero-order chi connectivity index (χ0) is 16.9. The van der Waals surface area contributed by atoms with Gasteiger partial charge in [-0.2, -0.15) is 0 Å². The van der Waals surface area contributed by atoms with Gasteiger partial charge in [-0.3, -0.25) is 14.6 Å². The predicted molar refractivity (Wildman–Crippen MR) is 91.7 cm³/mol. The molecule has 5 nitrogen and oxygen atoms in total. The van der Waals surface area contributed by atoms with Crippen molar-refractivity contribution in [2.24, 2.45) is 0 Å². The summed E-state index contributed by atoms with van der Waals surface area (Å²) < 4.78 is 0. The lowest BCUT2D eigenvalue weighted by Gasteiger charge is -2.36. The lowest BCUT2D eigenvalue weighted by molar-refractivity contribution is -0.133. The third kappa shape index (κ3) is 3.68. The fraction of sp³-hybridized carbons (Fsp3) is 0.316. The van der Waals surface area contributed by atoms with Crippen LogP contribution in [-0.4, -0.2) is 41.2 Å². The van der Waals surface area contributed by atoms with Crippen LogP contribution in [0.1, 0.15) is 34.5 Å². The number of carbonyl (C=O) groups is 2. The monoisotopic (exact) mass is 323 g/mol. The molecular weight excluding hydrogens is 302 g/mol. The molecule has 0 spiro atoms. The zero-order valence-corrected chi connectivity index (χ0v) is 13.7. The van der Waals surface area contributed by atoms with Gasteiger partial charge in [0.05, 0.1) is 12.5 Å². The van der Waals surface area contributed by atoms with E-state index in [1.165, 1.54) is 0 Å². The normalized spacial score (nSPS) is 17.5. The molecule has 0 bridgehead atoms. The number of aromatic nitrogens is 1. The summed E-state index contributed by atoms with van der Waals surface area (Å²) in [7, 11) is 0. The van der Waals surface area contributed by atoms with E-state index in [2.05, 4.69) is 10.3 Å². The smallest absolute Gasteiger partial charge is 0.227 e. The van der Waals surface area contributed by atoms with E-state index in [0.717, 1.165) is 24.2 Å². The topological polar surface area (TPSA) is 62.3 Å². The van der Waals surface area contributed by atoms with Crippen LogP contribution in [0.3, 0.4) is 0 Å². The predicted octanol–water partition coefficient (Wildman–Crippen LogP) is 2.00. The summed E-state index contributed by atoms with van der Waals surface area (Å²) in [6.07, 6.45) is 3.90. The molecule has 1 N–H and O–H groups in total. The number of carbonyl (C=O) groups excluding carboxylic acids is 2. The molecule has 24 heavy (non-hydrogen) atoms. The van der Waals surface area contributed by atoms with Gasteiger partial charge in [-0.1, -0.05) is 30.3 Å². The molecule has 1 amide bonds. The maximum Gasteiger partial charge on any atom is 0.227 e.